The Morgan fingerprint density at radius 3 is 2.43 bits per heavy atom. The minimum atomic E-state index is -0.497. The van der Waals surface area contributed by atoms with Crippen LogP contribution in [-0.2, 0) is 11.3 Å². The highest BCUT2D eigenvalue weighted by Gasteiger charge is 2.15. The van der Waals surface area contributed by atoms with Gasteiger partial charge in [0.2, 0.25) is 0 Å². The van der Waals surface area contributed by atoms with Gasteiger partial charge < -0.3 is 19.7 Å². The molecule has 0 aromatic heterocycles. The van der Waals surface area contributed by atoms with E-state index in [1.807, 2.05) is 36.4 Å². The monoisotopic (exact) mass is 378 g/mol. The summed E-state index contributed by atoms with van der Waals surface area (Å²) in [6.07, 6.45) is 0. The van der Waals surface area contributed by atoms with E-state index in [2.05, 4.69) is 5.32 Å². The number of para-hydroxylation sites is 1. The Morgan fingerprint density at radius 2 is 1.68 bits per heavy atom. The number of hydrogen-bond donors (Lipinski definition) is 1. The Bertz CT molecular complexity index is 1020. The first-order chi connectivity index (χ1) is 13.5. The van der Waals surface area contributed by atoms with Crippen LogP contribution < -0.4 is 10.1 Å². The molecule has 0 radical (unpaired) electrons. The van der Waals surface area contributed by atoms with Crippen LogP contribution in [0, 0.1) is 0 Å². The van der Waals surface area contributed by atoms with Gasteiger partial charge >= 0.3 is 12.0 Å². The highest BCUT2D eigenvalue weighted by atomic mass is 16.5. The number of rotatable bonds is 5. The molecule has 6 heteroatoms. The van der Waals surface area contributed by atoms with E-state index in [0.717, 1.165) is 22.1 Å². The highest BCUT2D eigenvalue weighted by Crippen LogP contribution is 2.23. The van der Waals surface area contributed by atoms with Crippen LogP contribution in [0.2, 0.25) is 0 Å². The number of benzene rings is 3. The standard InChI is InChI=1S/C22H22N2O4/c1-24(22(26)23-20-7-5-4-6-19(20)21(25)28-3)14-15-8-9-17-13-18(27-2)11-10-16(17)12-15/h4-13H,14H2,1-3H3,(H,23,26). The number of nitrogens with zero attached hydrogens (tertiary/aromatic N) is 1. The van der Waals surface area contributed by atoms with Crippen LogP contribution in [0.3, 0.4) is 0 Å². The minimum absolute atomic E-state index is 0.311. The van der Waals surface area contributed by atoms with Crippen LogP contribution in [0.25, 0.3) is 10.8 Å². The van der Waals surface area contributed by atoms with Gasteiger partial charge in [-0.2, -0.15) is 0 Å². The zero-order valence-corrected chi connectivity index (χ0v) is 16.1. The summed E-state index contributed by atoms with van der Waals surface area (Å²) < 4.78 is 10.0. The Morgan fingerprint density at radius 1 is 0.964 bits per heavy atom. The van der Waals surface area contributed by atoms with E-state index in [0.29, 0.717) is 17.8 Å². The van der Waals surface area contributed by atoms with Gasteiger partial charge in [-0.05, 0) is 46.7 Å². The third-order valence-corrected chi connectivity index (χ3v) is 4.45. The molecule has 3 aromatic rings. The van der Waals surface area contributed by atoms with Gasteiger partial charge in [-0.15, -0.1) is 0 Å². The summed E-state index contributed by atoms with van der Waals surface area (Å²) in [4.78, 5) is 26.0. The summed E-state index contributed by atoms with van der Waals surface area (Å²) in [7, 11) is 4.65. The number of carbonyl (C=O) groups excluding carboxylic acids is 2. The van der Waals surface area contributed by atoms with Gasteiger partial charge in [0.15, 0.2) is 0 Å². The number of methoxy groups -OCH3 is 2. The Balaban J connectivity index is 1.72. The van der Waals surface area contributed by atoms with Crippen LogP contribution in [0.1, 0.15) is 15.9 Å². The largest absolute Gasteiger partial charge is 0.497 e. The van der Waals surface area contributed by atoms with Crippen LogP contribution >= 0.6 is 0 Å². The second-order valence-electron chi connectivity index (χ2n) is 6.37. The van der Waals surface area contributed by atoms with Gasteiger partial charge in [0.1, 0.15) is 5.75 Å². The Labute approximate surface area is 163 Å². The van der Waals surface area contributed by atoms with Crippen LogP contribution in [-0.4, -0.2) is 38.2 Å². The summed E-state index contributed by atoms with van der Waals surface area (Å²) in [6, 6.07) is 18.3. The summed E-state index contributed by atoms with van der Waals surface area (Å²) in [6.45, 7) is 0.425. The SMILES string of the molecule is COC(=O)c1ccccc1NC(=O)N(C)Cc1ccc2cc(OC)ccc2c1. The molecule has 1 N–H and O–H groups in total. The third kappa shape index (κ3) is 4.23. The zero-order chi connectivity index (χ0) is 20.1. The molecule has 0 fully saturated rings. The summed E-state index contributed by atoms with van der Waals surface area (Å²) in [5, 5.41) is 4.91. The maximum Gasteiger partial charge on any atom is 0.339 e. The van der Waals surface area contributed by atoms with E-state index >= 15 is 0 Å². The minimum Gasteiger partial charge on any atom is -0.497 e. The topological polar surface area (TPSA) is 67.9 Å². The van der Waals surface area contributed by atoms with Crippen LogP contribution in [0.4, 0.5) is 10.5 Å². The normalized spacial score (nSPS) is 10.4. The lowest BCUT2D eigenvalue weighted by Crippen LogP contribution is -2.31. The summed E-state index contributed by atoms with van der Waals surface area (Å²) in [5.41, 5.74) is 1.72. The van der Waals surface area contributed by atoms with E-state index in [4.69, 9.17) is 9.47 Å². The second kappa shape index (κ2) is 8.43. The maximum atomic E-state index is 12.6. The predicted octanol–water partition coefficient (Wildman–Crippen LogP) is 4.30. The molecule has 3 rings (SSSR count). The second-order valence-corrected chi connectivity index (χ2v) is 6.37. The number of anilines is 1. The fourth-order valence-electron chi connectivity index (χ4n) is 2.93. The van der Waals surface area contributed by atoms with Crippen molar-refractivity contribution in [1.82, 2.24) is 4.90 Å². The number of amides is 2. The molecule has 0 saturated carbocycles. The van der Waals surface area contributed by atoms with Gasteiger partial charge in [0.05, 0.1) is 25.5 Å². The molecule has 0 saturated heterocycles. The number of urea groups is 1. The number of nitrogens with one attached hydrogen (secondary N) is 1. The lowest BCUT2D eigenvalue weighted by atomic mass is 10.1. The zero-order valence-electron chi connectivity index (χ0n) is 16.1. The average Bonchev–Trinajstić information content (AvgIpc) is 2.73. The fourth-order valence-corrected chi connectivity index (χ4v) is 2.93. The molecule has 0 aliphatic heterocycles. The predicted molar refractivity (Wildman–Crippen MR) is 109 cm³/mol. The molecule has 6 nitrogen and oxygen atoms in total. The molecule has 0 atom stereocenters. The fraction of sp³-hybridized carbons (Fsp3) is 0.182. The van der Waals surface area contributed by atoms with Crippen molar-refractivity contribution in [3.63, 3.8) is 0 Å². The van der Waals surface area contributed by atoms with Crippen molar-refractivity contribution in [3.8, 4) is 5.75 Å². The van der Waals surface area contributed by atoms with Gasteiger partial charge in [-0.3, -0.25) is 0 Å². The lowest BCUT2D eigenvalue weighted by Gasteiger charge is -2.19. The Kier molecular flexibility index (Phi) is 5.79. The first kappa shape index (κ1) is 19.2. The van der Waals surface area contributed by atoms with Gasteiger partial charge in [-0.1, -0.05) is 30.3 Å². The quantitative estimate of drug-likeness (QED) is 0.672. The van der Waals surface area contributed by atoms with E-state index in [9.17, 15) is 9.59 Å². The molecule has 0 bridgehead atoms. The van der Waals surface area contributed by atoms with Crippen LogP contribution in [0.15, 0.2) is 60.7 Å². The summed E-state index contributed by atoms with van der Waals surface area (Å²) in [5.74, 6) is 0.310. The lowest BCUT2D eigenvalue weighted by molar-refractivity contribution is 0.0602. The van der Waals surface area contributed by atoms with Crippen molar-refractivity contribution in [1.29, 1.82) is 0 Å². The molecule has 28 heavy (non-hydrogen) atoms. The smallest absolute Gasteiger partial charge is 0.339 e. The third-order valence-electron chi connectivity index (χ3n) is 4.45. The molecular formula is C22H22N2O4. The number of fused-ring (bicyclic) bond motifs is 1. The molecule has 144 valence electrons. The molecule has 0 spiro atoms. The molecule has 0 aliphatic carbocycles. The highest BCUT2D eigenvalue weighted by molar-refractivity contribution is 6.00. The van der Waals surface area contributed by atoms with E-state index in [-0.39, 0.29) is 6.03 Å². The first-order valence-electron chi connectivity index (χ1n) is 8.78. The average molecular weight is 378 g/mol. The number of carbonyl (C=O) groups is 2. The van der Waals surface area contributed by atoms with Gasteiger partial charge in [0.25, 0.3) is 0 Å². The molecule has 0 heterocycles. The van der Waals surface area contributed by atoms with Crippen molar-refractivity contribution >= 4 is 28.5 Å². The van der Waals surface area contributed by atoms with Crippen molar-refractivity contribution < 1.29 is 19.1 Å². The number of ether oxygens (including phenoxy) is 2. The van der Waals surface area contributed by atoms with Crippen LogP contribution in [0.5, 0.6) is 5.75 Å². The molecule has 0 aliphatic rings. The van der Waals surface area contributed by atoms with Gasteiger partial charge in [-0.25, -0.2) is 9.59 Å². The van der Waals surface area contributed by atoms with E-state index in [1.165, 1.54) is 7.11 Å². The van der Waals surface area contributed by atoms with Crippen molar-refractivity contribution in [3.05, 3.63) is 71.8 Å². The Hall–Kier alpha value is -3.54. The van der Waals surface area contributed by atoms with Gasteiger partial charge in [0, 0.05) is 13.6 Å². The van der Waals surface area contributed by atoms with Crippen molar-refractivity contribution in [2.75, 3.05) is 26.6 Å². The molecular weight excluding hydrogens is 356 g/mol. The number of esters is 1. The van der Waals surface area contributed by atoms with E-state index in [1.54, 1.807) is 43.3 Å². The maximum absolute atomic E-state index is 12.6. The molecule has 3 aromatic carbocycles. The first-order valence-corrected chi connectivity index (χ1v) is 8.78. The molecule has 2 amide bonds. The van der Waals surface area contributed by atoms with E-state index < -0.39 is 5.97 Å². The number of hydrogen-bond acceptors (Lipinski definition) is 4. The van der Waals surface area contributed by atoms with Crippen molar-refractivity contribution in [2.24, 2.45) is 0 Å². The summed E-state index contributed by atoms with van der Waals surface area (Å²) >= 11 is 0. The molecule has 0 unspecified atom stereocenters. The van der Waals surface area contributed by atoms with Crippen molar-refractivity contribution in [2.45, 2.75) is 6.54 Å².